The lowest BCUT2D eigenvalue weighted by molar-refractivity contribution is -0.759. The van der Waals surface area contributed by atoms with E-state index < -0.39 is 5.90 Å². The largest absolute Gasteiger partial charge is 0.857 e. The van der Waals surface area contributed by atoms with Crippen LogP contribution in [0.4, 0.5) is 11.6 Å². The molecule has 1 aliphatic rings. The number of hydrogen-bond acceptors (Lipinski definition) is 9. The van der Waals surface area contributed by atoms with Gasteiger partial charge in [0.05, 0.1) is 41.7 Å². The van der Waals surface area contributed by atoms with Gasteiger partial charge in [0.25, 0.3) is 6.20 Å². The molecule has 0 atom stereocenters. The molecule has 0 aromatic carbocycles. The number of pyridine rings is 1. The summed E-state index contributed by atoms with van der Waals surface area (Å²) in [7, 11) is 0. The molecule has 9 nitrogen and oxygen atoms in total. The predicted molar refractivity (Wildman–Crippen MR) is 99.7 cm³/mol. The van der Waals surface area contributed by atoms with E-state index in [1.54, 1.807) is 11.0 Å². The van der Waals surface area contributed by atoms with E-state index in [4.69, 9.17) is 15.0 Å². The summed E-state index contributed by atoms with van der Waals surface area (Å²) in [5.74, 6) is -0.333. The number of nitrogen functional groups attached to an aromatic ring is 1. The van der Waals surface area contributed by atoms with Gasteiger partial charge in [0.15, 0.2) is 0 Å². The van der Waals surface area contributed by atoms with Crippen LogP contribution >= 0.6 is 11.3 Å². The Morgan fingerprint density at radius 2 is 2.22 bits per heavy atom. The molecule has 0 radical (unpaired) electrons. The van der Waals surface area contributed by atoms with E-state index in [-0.39, 0.29) is 5.88 Å². The van der Waals surface area contributed by atoms with E-state index in [1.165, 1.54) is 11.3 Å². The Kier molecular flexibility index (Phi) is 4.90. The molecule has 0 saturated carbocycles. The number of thiophene rings is 1. The number of nitrogens with zero attached hydrogens (tertiary/aromatic N) is 5. The highest BCUT2D eigenvalue weighted by Gasteiger charge is 2.23. The van der Waals surface area contributed by atoms with E-state index in [9.17, 15) is 5.11 Å². The Labute approximate surface area is 159 Å². The molecule has 1 aliphatic heterocycles. The van der Waals surface area contributed by atoms with Crippen LogP contribution < -0.4 is 20.6 Å². The van der Waals surface area contributed by atoms with Gasteiger partial charge in [-0.25, -0.2) is 9.98 Å². The Morgan fingerprint density at radius 3 is 3.00 bits per heavy atom. The molecule has 10 heteroatoms. The van der Waals surface area contributed by atoms with Gasteiger partial charge in [-0.3, -0.25) is 4.52 Å². The van der Waals surface area contributed by atoms with E-state index in [2.05, 4.69) is 22.2 Å². The monoisotopic (exact) mass is 388 g/mol. The van der Waals surface area contributed by atoms with Crippen molar-refractivity contribution >= 4 is 39.0 Å². The van der Waals surface area contributed by atoms with Gasteiger partial charge in [-0.15, -0.1) is 16.3 Å². The number of fused-ring (bicyclic) bond motifs is 1. The number of aliphatic imine (C=N–C) groups is 1. The third-order valence-corrected chi connectivity index (χ3v) is 5.39. The van der Waals surface area contributed by atoms with Crippen molar-refractivity contribution in [3.8, 4) is 0 Å². The number of anilines is 1. The summed E-state index contributed by atoms with van der Waals surface area (Å²) in [6.07, 6.45) is 3.47. The molecule has 0 spiro atoms. The highest BCUT2D eigenvalue weighted by molar-refractivity contribution is 7.21. The number of aromatic nitrogens is 3. The number of morpholine rings is 1. The molecule has 1 fully saturated rings. The maximum atomic E-state index is 12.6. The summed E-state index contributed by atoms with van der Waals surface area (Å²) >= 11 is 1.25. The molecular formula is C17H20N6O3S. The Bertz CT molecular complexity index is 976. The van der Waals surface area contributed by atoms with Crippen LogP contribution in [0.1, 0.15) is 23.9 Å². The van der Waals surface area contributed by atoms with Crippen molar-refractivity contribution in [1.29, 1.82) is 0 Å². The van der Waals surface area contributed by atoms with Crippen LogP contribution in [0.5, 0.6) is 0 Å². The van der Waals surface area contributed by atoms with Crippen LogP contribution in [0.15, 0.2) is 27.8 Å². The summed E-state index contributed by atoms with van der Waals surface area (Å²) in [6, 6.07) is 3.86. The molecule has 0 aliphatic carbocycles. The van der Waals surface area contributed by atoms with Crippen molar-refractivity contribution < 1.29 is 19.2 Å². The molecule has 142 valence electrons. The molecule has 0 bridgehead atoms. The number of rotatable bonds is 5. The zero-order valence-corrected chi connectivity index (χ0v) is 15.7. The summed E-state index contributed by atoms with van der Waals surface area (Å²) in [4.78, 5) is 11.3. The fourth-order valence-corrected chi connectivity index (χ4v) is 3.91. The van der Waals surface area contributed by atoms with E-state index in [0.29, 0.717) is 36.9 Å². The van der Waals surface area contributed by atoms with Gasteiger partial charge in [-0.2, -0.15) is 0 Å². The second-order valence-electron chi connectivity index (χ2n) is 6.19. The molecular weight excluding hydrogens is 368 g/mol. The molecule has 4 rings (SSSR count). The smallest absolute Gasteiger partial charge is 0.324 e. The quantitative estimate of drug-likeness (QED) is 0.384. The van der Waals surface area contributed by atoms with Gasteiger partial charge >= 0.3 is 5.88 Å². The summed E-state index contributed by atoms with van der Waals surface area (Å²) in [5.41, 5.74) is 7.55. The minimum Gasteiger partial charge on any atom is -0.857 e. The first-order valence-electron chi connectivity index (χ1n) is 8.81. The van der Waals surface area contributed by atoms with Crippen LogP contribution in [-0.4, -0.2) is 42.5 Å². The molecule has 0 unspecified atom stereocenters. The highest BCUT2D eigenvalue weighted by Crippen LogP contribution is 2.33. The second kappa shape index (κ2) is 7.49. The molecule has 3 aromatic heterocycles. The minimum absolute atomic E-state index is 0.128. The van der Waals surface area contributed by atoms with Crippen molar-refractivity contribution in [3.05, 3.63) is 28.9 Å². The Hall–Kier alpha value is -2.72. The Balaban J connectivity index is 1.61. The predicted octanol–water partition coefficient (Wildman–Crippen LogP) is 0.513. The van der Waals surface area contributed by atoms with Gasteiger partial charge in [0.1, 0.15) is 4.83 Å². The van der Waals surface area contributed by atoms with Gasteiger partial charge in [0.2, 0.25) is 5.27 Å². The van der Waals surface area contributed by atoms with Gasteiger partial charge in [-0.1, -0.05) is 13.3 Å². The van der Waals surface area contributed by atoms with E-state index in [1.807, 2.05) is 17.1 Å². The SMILES string of the molecule is CCCc1ccc2c(N)c(/C([O-])=N/c3c[n+](N4CCOCC4)no3)sc2n1. The zero-order chi connectivity index (χ0) is 18.8. The molecule has 4 heterocycles. The number of ether oxygens (including phenoxy) is 1. The zero-order valence-electron chi connectivity index (χ0n) is 14.9. The lowest BCUT2D eigenvalue weighted by Gasteiger charge is -2.18. The second-order valence-corrected chi connectivity index (χ2v) is 7.19. The third-order valence-electron chi connectivity index (χ3n) is 4.28. The first-order chi connectivity index (χ1) is 13.2. The molecule has 2 N–H and O–H groups in total. The maximum absolute atomic E-state index is 12.6. The first-order valence-corrected chi connectivity index (χ1v) is 9.63. The molecule has 3 aromatic rings. The van der Waals surface area contributed by atoms with E-state index in [0.717, 1.165) is 28.8 Å². The molecule has 27 heavy (non-hydrogen) atoms. The average molecular weight is 388 g/mol. The lowest BCUT2D eigenvalue weighted by Crippen LogP contribution is -2.62. The van der Waals surface area contributed by atoms with Gasteiger partial charge < -0.3 is 15.6 Å². The van der Waals surface area contributed by atoms with Crippen LogP contribution in [0, 0.1) is 0 Å². The average Bonchev–Trinajstić information content (AvgIpc) is 3.27. The summed E-state index contributed by atoms with van der Waals surface area (Å²) < 4.78 is 10.5. The fraction of sp³-hybridized carbons (Fsp3) is 0.412. The molecule has 0 amide bonds. The van der Waals surface area contributed by atoms with Crippen molar-refractivity contribution in [2.24, 2.45) is 4.99 Å². The van der Waals surface area contributed by atoms with E-state index >= 15 is 0 Å². The molecule has 1 saturated heterocycles. The highest BCUT2D eigenvalue weighted by atomic mass is 32.1. The summed E-state index contributed by atoms with van der Waals surface area (Å²) in [6.45, 7) is 4.73. The van der Waals surface area contributed by atoms with Crippen LogP contribution in [0.3, 0.4) is 0 Å². The van der Waals surface area contributed by atoms with Crippen molar-refractivity contribution in [2.75, 3.05) is 37.0 Å². The standard InChI is InChI=1S/C17H20N6O3S/c1-2-3-11-4-5-12-14(18)15(27-17(12)19-11)16(24)20-13-10-23(21-26-13)22-6-8-25-9-7-22/h4-5,10H,2-3,6-9H2,1H3,(H2-,18,20,21,24). The van der Waals surface area contributed by atoms with Crippen LogP contribution in [0.2, 0.25) is 0 Å². The van der Waals surface area contributed by atoms with Crippen molar-refractivity contribution in [2.45, 2.75) is 19.8 Å². The normalized spacial score (nSPS) is 15.6. The van der Waals surface area contributed by atoms with Crippen LogP contribution in [0.25, 0.3) is 10.2 Å². The number of hydrogen-bond donors (Lipinski definition) is 1. The van der Waals surface area contributed by atoms with Crippen molar-refractivity contribution in [1.82, 2.24) is 10.3 Å². The number of aryl methyl sites for hydroxylation is 1. The van der Waals surface area contributed by atoms with Crippen molar-refractivity contribution in [3.63, 3.8) is 0 Å². The third kappa shape index (κ3) is 3.58. The number of nitrogens with two attached hydrogens (primary N) is 1. The van der Waals surface area contributed by atoms with Crippen LogP contribution in [-0.2, 0) is 11.2 Å². The fourth-order valence-electron chi connectivity index (χ4n) is 2.91. The van der Waals surface area contributed by atoms with Gasteiger partial charge in [-0.05, 0) is 18.6 Å². The maximum Gasteiger partial charge on any atom is 0.324 e. The first kappa shape index (κ1) is 17.7. The topological polar surface area (TPSA) is 117 Å². The minimum atomic E-state index is -0.460. The lowest BCUT2D eigenvalue weighted by atomic mass is 10.2. The summed E-state index contributed by atoms with van der Waals surface area (Å²) in [5, 5.41) is 19.2. The van der Waals surface area contributed by atoms with Gasteiger partial charge in [0, 0.05) is 17.0 Å². The Morgan fingerprint density at radius 1 is 1.41 bits per heavy atom.